The molecule has 2 aliphatic rings. The minimum atomic E-state index is 0.173. The van der Waals surface area contributed by atoms with Crippen molar-refractivity contribution in [3.05, 3.63) is 28.8 Å². The van der Waals surface area contributed by atoms with E-state index in [0.29, 0.717) is 0 Å². The molecular weight excluding hydrogens is 246 g/mol. The molecule has 1 fully saturated rings. The zero-order chi connectivity index (χ0) is 14.0. The van der Waals surface area contributed by atoms with Crippen LogP contribution in [0.3, 0.4) is 0 Å². The van der Waals surface area contributed by atoms with Crippen molar-refractivity contribution in [1.29, 1.82) is 0 Å². The monoisotopic (exact) mass is 273 g/mol. The van der Waals surface area contributed by atoms with Gasteiger partial charge < -0.3 is 10.5 Å². The van der Waals surface area contributed by atoms with Gasteiger partial charge >= 0.3 is 0 Å². The summed E-state index contributed by atoms with van der Waals surface area (Å²) in [5, 5.41) is 0. The standard InChI is InChI=1S/C18H27NO/c1-20-17-12-15-8-4-2-3-7-14(15)11-16(17)18(13-19)9-5-6-10-18/h11-12H,2-10,13,19H2,1H3. The number of rotatable bonds is 3. The van der Waals surface area contributed by atoms with Crippen molar-refractivity contribution in [2.75, 3.05) is 13.7 Å². The van der Waals surface area contributed by atoms with Crippen LogP contribution in [0, 0.1) is 0 Å². The van der Waals surface area contributed by atoms with E-state index in [2.05, 4.69) is 12.1 Å². The summed E-state index contributed by atoms with van der Waals surface area (Å²) in [5.41, 5.74) is 10.8. The van der Waals surface area contributed by atoms with Crippen LogP contribution in [-0.4, -0.2) is 13.7 Å². The first-order valence-corrected chi connectivity index (χ1v) is 8.19. The quantitative estimate of drug-likeness (QED) is 0.852. The highest BCUT2D eigenvalue weighted by atomic mass is 16.5. The summed E-state index contributed by atoms with van der Waals surface area (Å²) in [6.45, 7) is 0.752. The van der Waals surface area contributed by atoms with Crippen molar-refractivity contribution in [3.63, 3.8) is 0 Å². The van der Waals surface area contributed by atoms with E-state index in [4.69, 9.17) is 10.5 Å². The summed E-state index contributed by atoms with van der Waals surface area (Å²) in [6, 6.07) is 4.75. The van der Waals surface area contributed by atoms with Crippen LogP contribution in [0.5, 0.6) is 5.75 Å². The van der Waals surface area contributed by atoms with Gasteiger partial charge in [0.05, 0.1) is 7.11 Å². The Morgan fingerprint density at radius 1 is 1.00 bits per heavy atom. The van der Waals surface area contributed by atoms with Crippen LogP contribution in [0.4, 0.5) is 0 Å². The summed E-state index contributed by atoms with van der Waals surface area (Å²) in [4.78, 5) is 0. The molecule has 2 nitrogen and oxygen atoms in total. The summed E-state index contributed by atoms with van der Waals surface area (Å²) in [6.07, 6.45) is 11.5. The van der Waals surface area contributed by atoms with Crippen molar-refractivity contribution >= 4 is 0 Å². The second-order valence-electron chi connectivity index (χ2n) is 6.57. The first-order chi connectivity index (χ1) is 9.79. The Morgan fingerprint density at radius 2 is 1.65 bits per heavy atom. The summed E-state index contributed by atoms with van der Waals surface area (Å²) >= 11 is 0. The molecule has 2 aliphatic carbocycles. The third-order valence-electron chi connectivity index (χ3n) is 5.44. The third kappa shape index (κ3) is 2.35. The number of aryl methyl sites for hydroxylation is 2. The molecule has 0 heterocycles. The van der Waals surface area contributed by atoms with Crippen LogP contribution in [0.25, 0.3) is 0 Å². The van der Waals surface area contributed by atoms with Crippen molar-refractivity contribution in [2.45, 2.75) is 63.2 Å². The second-order valence-corrected chi connectivity index (χ2v) is 6.57. The lowest BCUT2D eigenvalue weighted by atomic mass is 9.77. The van der Waals surface area contributed by atoms with Crippen molar-refractivity contribution < 1.29 is 4.74 Å². The summed E-state index contributed by atoms with van der Waals surface area (Å²) < 4.78 is 5.74. The fraction of sp³-hybridized carbons (Fsp3) is 0.667. The van der Waals surface area contributed by atoms with Gasteiger partial charge in [-0.1, -0.05) is 25.3 Å². The van der Waals surface area contributed by atoms with E-state index in [1.165, 1.54) is 68.9 Å². The van der Waals surface area contributed by atoms with Crippen LogP contribution in [-0.2, 0) is 18.3 Å². The Morgan fingerprint density at radius 3 is 2.25 bits per heavy atom. The van der Waals surface area contributed by atoms with Crippen molar-refractivity contribution in [3.8, 4) is 5.75 Å². The molecule has 2 N–H and O–H groups in total. The minimum Gasteiger partial charge on any atom is -0.496 e. The van der Waals surface area contributed by atoms with Gasteiger partial charge in [0.2, 0.25) is 0 Å². The average molecular weight is 273 g/mol. The van der Waals surface area contributed by atoms with Crippen molar-refractivity contribution in [2.24, 2.45) is 5.73 Å². The molecule has 2 heteroatoms. The molecule has 0 amide bonds. The number of hydrogen-bond acceptors (Lipinski definition) is 2. The molecule has 0 saturated heterocycles. The molecule has 0 atom stereocenters. The Labute approximate surface area is 122 Å². The molecule has 0 aliphatic heterocycles. The van der Waals surface area contributed by atoms with Gasteiger partial charge in [-0.25, -0.2) is 0 Å². The molecule has 1 aromatic rings. The van der Waals surface area contributed by atoms with E-state index < -0.39 is 0 Å². The van der Waals surface area contributed by atoms with E-state index in [1.807, 2.05) is 0 Å². The van der Waals surface area contributed by atoms with E-state index >= 15 is 0 Å². The smallest absolute Gasteiger partial charge is 0.122 e. The van der Waals surface area contributed by atoms with Crippen LogP contribution in [0.15, 0.2) is 12.1 Å². The molecule has 0 bridgehead atoms. The van der Waals surface area contributed by atoms with E-state index in [9.17, 15) is 0 Å². The van der Waals surface area contributed by atoms with E-state index in [1.54, 1.807) is 12.7 Å². The minimum absolute atomic E-state index is 0.173. The number of hydrogen-bond donors (Lipinski definition) is 1. The lowest BCUT2D eigenvalue weighted by molar-refractivity contribution is 0.377. The SMILES string of the molecule is COc1cc2c(cc1C1(CN)CCCC1)CCCCC2. The molecule has 110 valence electrons. The Bertz CT molecular complexity index is 475. The molecule has 20 heavy (non-hydrogen) atoms. The number of fused-ring (bicyclic) bond motifs is 1. The zero-order valence-corrected chi connectivity index (χ0v) is 12.7. The zero-order valence-electron chi connectivity index (χ0n) is 12.7. The normalized spacial score (nSPS) is 21.3. The fourth-order valence-electron chi connectivity index (χ4n) is 4.16. The lowest BCUT2D eigenvalue weighted by Crippen LogP contribution is -2.32. The largest absolute Gasteiger partial charge is 0.496 e. The number of ether oxygens (including phenoxy) is 1. The van der Waals surface area contributed by atoms with Crippen LogP contribution >= 0.6 is 0 Å². The van der Waals surface area contributed by atoms with Gasteiger partial charge in [-0.2, -0.15) is 0 Å². The number of benzene rings is 1. The van der Waals surface area contributed by atoms with Crippen molar-refractivity contribution in [1.82, 2.24) is 0 Å². The Hall–Kier alpha value is -1.02. The van der Waals surface area contributed by atoms with Gasteiger partial charge in [-0.3, -0.25) is 0 Å². The lowest BCUT2D eigenvalue weighted by Gasteiger charge is -2.30. The maximum Gasteiger partial charge on any atom is 0.122 e. The van der Waals surface area contributed by atoms with Gasteiger partial charge in [0.1, 0.15) is 5.75 Å². The molecule has 0 unspecified atom stereocenters. The Kier molecular flexibility index (Phi) is 4.02. The predicted molar refractivity (Wildman–Crippen MR) is 83.5 cm³/mol. The maximum atomic E-state index is 6.18. The Balaban J connectivity index is 2.07. The first-order valence-electron chi connectivity index (χ1n) is 8.19. The molecule has 1 saturated carbocycles. The highest BCUT2D eigenvalue weighted by Crippen LogP contribution is 2.45. The van der Waals surface area contributed by atoms with E-state index in [-0.39, 0.29) is 5.41 Å². The highest BCUT2D eigenvalue weighted by Gasteiger charge is 2.37. The van der Waals surface area contributed by atoms with E-state index in [0.717, 1.165) is 12.3 Å². The number of methoxy groups -OCH3 is 1. The molecule has 0 radical (unpaired) electrons. The fourth-order valence-corrected chi connectivity index (χ4v) is 4.16. The van der Waals surface area contributed by atoms with Gasteiger partial charge in [0, 0.05) is 17.5 Å². The molecule has 3 rings (SSSR count). The average Bonchev–Trinajstić information content (AvgIpc) is 2.86. The topological polar surface area (TPSA) is 35.2 Å². The van der Waals surface area contributed by atoms with Gasteiger partial charge in [0.15, 0.2) is 0 Å². The highest BCUT2D eigenvalue weighted by molar-refractivity contribution is 5.48. The van der Waals surface area contributed by atoms with Gasteiger partial charge in [0.25, 0.3) is 0 Å². The molecular formula is C18H27NO. The molecule has 0 aromatic heterocycles. The number of nitrogens with two attached hydrogens (primary N) is 1. The van der Waals surface area contributed by atoms with Gasteiger partial charge in [-0.05, 0) is 55.7 Å². The van der Waals surface area contributed by atoms with Crippen LogP contribution in [0.2, 0.25) is 0 Å². The second kappa shape index (κ2) is 5.77. The van der Waals surface area contributed by atoms with Crippen LogP contribution in [0.1, 0.15) is 61.6 Å². The molecule has 1 aromatic carbocycles. The predicted octanol–water partition coefficient (Wildman–Crippen LogP) is 3.73. The van der Waals surface area contributed by atoms with Gasteiger partial charge in [-0.15, -0.1) is 0 Å². The first kappa shape index (κ1) is 13.9. The maximum absolute atomic E-state index is 6.18. The summed E-state index contributed by atoms with van der Waals surface area (Å²) in [7, 11) is 1.81. The third-order valence-corrected chi connectivity index (χ3v) is 5.44. The van der Waals surface area contributed by atoms with Crippen LogP contribution < -0.4 is 10.5 Å². The molecule has 0 spiro atoms. The summed E-state index contributed by atoms with van der Waals surface area (Å²) in [5.74, 6) is 1.08.